The number of hydrogen-bond donors (Lipinski definition) is 0. The number of amides is 1. The number of nitriles is 1. The number of carbonyl (C=O) groups excluding carboxylic acids is 1. The van der Waals surface area contributed by atoms with Crippen LogP contribution in [0.2, 0.25) is 0 Å². The SMILES string of the molecule is CCOc1ccc2nc(SCC(=O)N3CCC(C)CC3)c(C#N)cc2c1. The lowest BCUT2D eigenvalue weighted by Crippen LogP contribution is -2.38. The van der Waals surface area contributed by atoms with Crippen molar-refractivity contribution in [1.82, 2.24) is 9.88 Å². The van der Waals surface area contributed by atoms with Crippen LogP contribution in [0.1, 0.15) is 32.3 Å². The van der Waals surface area contributed by atoms with Gasteiger partial charge in [-0.3, -0.25) is 4.79 Å². The second kappa shape index (κ2) is 8.41. The zero-order chi connectivity index (χ0) is 18.5. The minimum atomic E-state index is 0.124. The molecule has 0 bridgehead atoms. The number of benzene rings is 1. The molecule has 1 amide bonds. The highest BCUT2D eigenvalue weighted by molar-refractivity contribution is 8.00. The van der Waals surface area contributed by atoms with Crippen molar-refractivity contribution in [3.05, 3.63) is 29.8 Å². The molecule has 1 aliphatic rings. The van der Waals surface area contributed by atoms with Crippen LogP contribution >= 0.6 is 11.8 Å². The van der Waals surface area contributed by atoms with E-state index in [4.69, 9.17) is 4.74 Å². The lowest BCUT2D eigenvalue weighted by molar-refractivity contribution is -0.129. The minimum Gasteiger partial charge on any atom is -0.494 e. The molecule has 1 aromatic carbocycles. The summed E-state index contributed by atoms with van der Waals surface area (Å²) in [6, 6.07) is 9.67. The van der Waals surface area contributed by atoms with Crippen molar-refractivity contribution in [3.63, 3.8) is 0 Å². The smallest absolute Gasteiger partial charge is 0.232 e. The van der Waals surface area contributed by atoms with Gasteiger partial charge in [0.2, 0.25) is 5.91 Å². The molecule has 0 aliphatic carbocycles. The van der Waals surface area contributed by atoms with Crippen LogP contribution in [-0.2, 0) is 4.79 Å². The molecule has 1 saturated heterocycles. The third kappa shape index (κ3) is 4.28. The molecule has 5 nitrogen and oxygen atoms in total. The van der Waals surface area contributed by atoms with Crippen LogP contribution < -0.4 is 4.74 Å². The van der Waals surface area contributed by atoms with Crippen molar-refractivity contribution < 1.29 is 9.53 Å². The number of thioether (sulfide) groups is 1. The van der Waals surface area contributed by atoms with Crippen molar-refractivity contribution in [2.45, 2.75) is 31.7 Å². The predicted molar refractivity (Wildman–Crippen MR) is 103 cm³/mol. The third-order valence-electron chi connectivity index (χ3n) is 4.65. The minimum absolute atomic E-state index is 0.124. The highest BCUT2D eigenvalue weighted by Crippen LogP contribution is 2.27. The molecule has 0 unspecified atom stereocenters. The average molecular weight is 369 g/mol. The van der Waals surface area contributed by atoms with Crippen LogP contribution in [0, 0.1) is 17.2 Å². The van der Waals surface area contributed by atoms with E-state index in [1.807, 2.05) is 36.1 Å². The van der Waals surface area contributed by atoms with E-state index in [1.54, 1.807) is 0 Å². The molecule has 1 aliphatic heterocycles. The fourth-order valence-corrected chi connectivity index (χ4v) is 3.93. The van der Waals surface area contributed by atoms with E-state index in [2.05, 4.69) is 18.0 Å². The van der Waals surface area contributed by atoms with Gasteiger partial charge in [0.1, 0.15) is 16.8 Å². The van der Waals surface area contributed by atoms with Crippen molar-refractivity contribution in [1.29, 1.82) is 5.26 Å². The van der Waals surface area contributed by atoms with Crippen molar-refractivity contribution >= 4 is 28.6 Å². The van der Waals surface area contributed by atoms with Gasteiger partial charge in [-0.05, 0) is 49.9 Å². The third-order valence-corrected chi connectivity index (χ3v) is 5.63. The molecule has 0 saturated carbocycles. The average Bonchev–Trinajstić information content (AvgIpc) is 2.66. The van der Waals surface area contributed by atoms with E-state index in [0.717, 1.165) is 42.6 Å². The van der Waals surface area contributed by atoms with Gasteiger partial charge in [-0.25, -0.2) is 4.98 Å². The maximum atomic E-state index is 12.4. The fraction of sp³-hybridized carbons (Fsp3) is 0.450. The van der Waals surface area contributed by atoms with Gasteiger partial charge in [-0.2, -0.15) is 5.26 Å². The summed E-state index contributed by atoms with van der Waals surface area (Å²) in [5.41, 5.74) is 1.30. The standard InChI is InChI=1S/C20H23N3O2S/c1-3-25-17-4-5-18-15(11-17)10-16(12-21)20(22-18)26-13-19(24)23-8-6-14(2)7-9-23/h4-5,10-11,14H,3,6-9,13H2,1-2H3. The molecular formula is C20H23N3O2S. The maximum Gasteiger partial charge on any atom is 0.232 e. The molecule has 2 heterocycles. The van der Waals surface area contributed by atoms with Crippen molar-refractivity contribution in [2.75, 3.05) is 25.4 Å². The van der Waals surface area contributed by atoms with Crippen LogP contribution in [0.25, 0.3) is 10.9 Å². The number of rotatable bonds is 5. The lowest BCUT2D eigenvalue weighted by Gasteiger charge is -2.30. The molecule has 0 spiro atoms. The number of piperidine rings is 1. The Balaban J connectivity index is 1.73. The number of pyridine rings is 1. The first-order valence-electron chi connectivity index (χ1n) is 8.99. The molecule has 3 rings (SSSR count). The molecule has 1 fully saturated rings. The topological polar surface area (TPSA) is 66.2 Å². The summed E-state index contributed by atoms with van der Waals surface area (Å²) >= 11 is 1.35. The van der Waals surface area contributed by atoms with E-state index in [0.29, 0.717) is 28.9 Å². The van der Waals surface area contributed by atoms with Crippen molar-refractivity contribution in [2.24, 2.45) is 5.92 Å². The first-order chi connectivity index (χ1) is 12.6. The summed E-state index contributed by atoms with van der Waals surface area (Å²) in [4.78, 5) is 19.0. The highest BCUT2D eigenvalue weighted by atomic mass is 32.2. The summed E-state index contributed by atoms with van der Waals surface area (Å²) in [6.07, 6.45) is 2.13. The normalized spacial score (nSPS) is 15.0. The zero-order valence-corrected chi connectivity index (χ0v) is 16.0. The molecule has 0 N–H and O–H groups in total. The summed E-state index contributed by atoms with van der Waals surface area (Å²) in [5, 5.41) is 10.9. The quantitative estimate of drug-likeness (QED) is 0.749. The van der Waals surface area contributed by atoms with Crippen LogP contribution in [0.5, 0.6) is 5.75 Å². The summed E-state index contributed by atoms with van der Waals surface area (Å²) in [7, 11) is 0. The molecule has 26 heavy (non-hydrogen) atoms. The Labute approximate surface area is 158 Å². The molecule has 136 valence electrons. The summed E-state index contributed by atoms with van der Waals surface area (Å²) < 4.78 is 5.51. The van der Waals surface area contributed by atoms with Gasteiger partial charge < -0.3 is 9.64 Å². The molecule has 6 heteroatoms. The Morgan fingerprint density at radius 1 is 1.38 bits per heavy atom. The summed E-state index contributed by atoms with van der Waals surface area (Å²) in [6.45, 7) is 6.41. The van der Waals surface area contributed by atoms with Gasteiger partial charge in [-0.1, -0.05) is 18.7 Å². The first-order valence-corrected chi connectivity index (χ1v) is 9.97. The van der Waals surface area contributed by atoms with E-state index in [-0.39, 0.29) is 5.91 Å². The highest BCUT2D eigenvalue weighted by Gasteiger charge is 2.21. The fourth-order valence-electron chi connectivity index (χ4n) is 3.06. The number of hydrogen-bond acceptors (Lipinski definition) is 5. The molecule has 1 aromatic heterocycles. The van der Waals surface area contributed by atoms with E-state index in [1.165, 1.54) is 11.8 Å². The predicted octanol–water partition coefficient (Wildman–Crippen LogP) is 3.86. The summed E-state index contributed by atoms with van der Waals surface area (Å²) in [5.74, 6) is 1.90. The number of fused-ring (bicyclic) bond motifs is 1. The molecule has 0 atom stereocenters. The Morgan fingerprint density at radius 3 is 2.85 bits per heavy atom. The zero-order valence-electron chi connectivity index (χ0n) is 15.2. The number of nitrogens with zero attached hydrogens (tertiary/aromatic N) is 3. The van der Waals surface area contributed by atoms with Crippen LogP contribution in [0.3, 0.4) is 0 Å². The second-order valence-electron chi connectivity index (χ2n) is 6.59. The van der Waals surface area contributed by atoms with Gasteiger partial charge in [0.25, 0.3) is 0 Å². The van der Waals surface area contributed by atoms with Gasteiger partial charge in [0.15, 0.2) is 0 Å². The maximum absolute atomic E-state index is 12.4. The molecule has 0 radical (unpaired) electrons. The van der Waals surface area contributed by atoms with E-state index >= 15 is 0 Å². The van der Waals surface area contributed by atoms with Crippen LogP contribution in [0.15, 0.2) is 29.3 Å². The molecule has 2 aromatic rings. The first kappa shape index (κ1) is 18.5. The van der Waals surface area contributed by atoms with Gasteiger partial charge >= 0.3 is 0 Å². The number of ether oxygens (including phenoxy) is 1. The van der Waals surface area contributed by atoms with Crippen LogP contribution in [0.4, 0.5) is 0 Å². The monoisotopic (exact) mass is 369 g/mol. The Hall–Kier alpha value is -2.26. The largest absolute Gasteiger partial charge is 0.494 e. The number of aromatic nitrogens is 1. The van der Waals surface area contributed by atoms with E-state index < -0.39 is 0 Å². The Kier molecular flexibility index (Phi) is 6.00. The van der Waals surface area contributed by atoms with Gasteiger partial charge in [0, 0.05) is 18.5 Å². The Bertz CT molecular complexity index is 839. The Morgan fingerprint density at radius 2 is 2.15 bits per heavy atom. The number of carbonyl (C=O) groups is 1. The van der Waals surface area contributed by atoms with E-state index in [9.17, 15) is 10.1 Å². The van der Waals surface area contributed by atoms with Crippen molar-refractivity contribution in [3.8, 4) is 11.8 Å². The van der Waals surface area contributed by atoms with Gasteiger partial charge in [-0.15, -0.1) is 0 Å². The number of likely N-dealkylation sites (tertiary alicyclic amines) is 1. The lowest BCUT2D eigenvalue weighted by atomic mass is 9.99. The van der Waals surface area contributed by atoms with Crippen LogP contribution in [-0.4, -0.2) is 41.2 Å². The van der Waals surface area contributed by atoms with Gasteiger partial charge in [0.05, 0.1) is 23.4 Å². The second-order valence-corrected chi connectivity index (χ2v) is 7.56. The molecular weight excluding hydrogens is 346 g/mol.